The molecule has 0 saturated heterocycles. The lowest BCUT2D eigenvalue weighted by Gasteiger charge is -2.23. The normalized spacial score (nSPS) is 20.1. The lowest BCUT2D eigenvalue weighted by atomic mass is 9.89. The molecule has 0 fully saturated rings. The number of nitrogens with zero attached hydrogens (tertiary/aromatic N) is 2. The first-order valence-corrected chi connectivity index (χ1v) is 8.34. The third-order valence-corrected chi connectivity index (χ3v) is 4.70. The maximum atomic E-state index is 12.6. The van der Waals surface area contributed by atoms with Crippen LogP contribution in [0.3, 0.4) is 0 Å². The summed E-state index contributed by atoms with van der Waals surface area (Å²) < 4.78 is 0. The second-order valence-corrected chi connectivity index (χ2v) is 7.33. The minimum atomic E-state index is -0.201. The first kappa shape index (κ1) is 16.7. The van der Waals surface area contributed by atoms with Crippen molar-refractivity contribution in [2.75, 3.05) is 18.0 Å². The Morgan fingerprint density at radius 2 is 2.12 bits per heavy atom. The number of rotatable bonds is 2. The average molecular weight is 346 g/mol. The molecular formula is C18H20ClN3O2. The predicted molar refractivity (Wildman–Crippen MR) is 94.2 cm³/mol. The van der Waals surface area contributed by atoms with Crippen molar-refractivity contribution >= 4 is 29.6 Å². The molecule has 0 spiro atoms. The number of halogens is 1. The molecule has 1 aromatic rings. The Morgan fingerprint density at radius 3 is 2.88 bits per heavy atom. The van der Waals surface area contributed by atoms with Crippen molar-refractivity contribution in [1.82, 2.24) is 10.3 Å². The first-order chi connectivity index (χ1) is 11.4. The Hall–Kier alpha value is -2.14. The van der Waals surface area contributed by atoms with Crippen LogP contribution >= 0.6 is 11.6 Å². The molecule has 1 aliphatic heterocycles. The van der Waals surface area contributed by atoms with Crippen LogP contribution in [0.5, 0.6) is 0 Å². The summed E-state index contributed by atoms with van der Waals surface area (Å²) in [5, 5.41) is 3.73. The smallest absolute Gasteiger partial charge is 0.252 e. The number of allylic oxidation sites excluding steroid dienone is 3. The van der Waals surface area contributed by atoms with Crippen LogP contribution in [-0.4, -0.2) is 30.3 Å². The molecule has 3 rings (SSSR count). The van der Waals surface area contributed by atoms with E-state index in [4.69, 9.17) is 11.6 Å². The predicted octanol–water partition coefficient (Wildman–Crippen LogP) is 3.11. The van der Waals surface area contributed by atoms with Crippen LogP contribution in [0.2, 0.25) is 5.02 Å². The van der Waals surface area contributed by atoms with Crippen LogP contribution < -0.4 is 10.2 Å². The van der Waals surface area contributed by atoms with Crippen LogP contribution in [0.25, 0.3) is 0 Å². The standard InChI is InChI=1S/C18H20ClN3O2/c1-18(2)9-12-3-4-16(24)22(8-7-20-15(12)10-18)17-13(11-23)14(19)5-6-21-17/h3-6,11,20H,7-10H2,1-2H3. The Kier molecular flexibility index (Phi) is 4.45. The van der Waals surface area contributed by atoms with Gasteiger partial charge >= 0.3 is 0 Å². The van der Waals surface area contributed by atoms with E-state index >= 15 is 0 Å². The second kappa shape index (κ2) is 6.40. The van der Waals surface area contributed by atoms with Gasteiger partial charge in [-0.3, -0.25) is 14.5 Å². The van der Waals surface area contributed by atoms with E-state index in [1.807, 2.05) is 6.08 Å². The molecule has 0 atom stereocenters. The van der Waals surface area contributed by atoms with Gasteiger partial charge in [-0.2, -0.15) is 0 Å². The van der Waals surface area contributed by atoms with Gasteiger partial charge in [0.1, 0.15) is 5.82 Å². The summed E-state index contributed by atoms with van der Waals surface area (Å²) in [6.07, 6.45) is 7.48. The molecule has 126 valence electrons. The molecule has 0 aromatic carbocycles. The highest BCUT2D eigenvalue weighted by molar-refractivity contribution is 6.33. The van der Waals surface area contributed by atoms with Gasteiger partial charge < -0.3 is 5.32 Å². The Morgan fingerprint density at radius 1 is 1.33 bits per heavy atom. The SMILES string of the molecule is CC1(C)CC2=C(C1)NCCN(c1nccc(Cl)c1C=O)C(=O)C=C2. The molecule has 0 saturated carbocycles. The number of aromatic nitrogens is 1. The van der Waals surface area contributed by atoms with Crippen molar-refractivity contribution in [2.24, 2.45) is 5.41 Å². The number of pyridine rings is 1. The number of hydrogen-bond acceptors (Lipinski definition) is 4. The van der Waals surface area contributed by atoms with Crippen molar-refractivity contribution in [3.05, 3.63) is 46.3 Å². The van der Waals surface area contributed by atoms with Crippen LogP contribution in [0.4, 0.5) is 5.82 Å². The number of aldehydes is 1. The molecular weight excluding hydrogens is 326 g/mol. The van der Waals surface area contributed by atoms with Gasteiger partial charge in [0.15, 0.2) is 6.29 Å². The molecule has 1 amide bonds. The van der Waals surface area contributed by atoms with Crippen molar-refractivity contribution in [1.29, 1.82) is 0 Å². The summed E-state index contributed by atoms with van der Waals surface area (Å²) >= 11 is 6.06. The van der Waals surface area contributed by atoms with Crippen LogP contribution in [0, 0.1) is 5.41 Å². The minimum Gasteiger partial charge on any atom is -0.386 e. The molecule has 5 nitrogen and oxygen atoms in total. The maximum absolute atomic E-state index is 12.6. The third kappa shape index (κ3) is 3.22. The lowest BCUT2D eigenvalue weighted by molar-refractivity contribution is -0.114. The highest BCUT2D eigenvalue weighted by Crippen LogP contribution is 2.40. The summed E-state index contributed by atoms with van der Waals surface area (Å²) in [6.45, 7) is 5.45. The summed E-state index contributed by atoms with van der Waals surface area (Å²) in [7, 11) is 0. The van der Waals surface area contributed by atoms with E-state index in [1.54, 1.807) is 12.1 Å². The summed E-state index contributed by atoms with van der Waals surface area (Å²) in [6, 6.07) is 1.54. The highest BCUT2D eigenvalue weighted by Gasteiger charge is 2.30. The zero-order valence-corrected chi connectivity index (χ0v) is 14.6. The average Bonchev–Trinajstić information content (AvgIpc) is 2.85. The number of amides is 1. The topological polar surface area (TPSA) is 62.3 Å². The van der Waals surface area contributed by atoms with E-state index in [2.05, 4.69) is 24.1 Å². The highest BCUT2D eigenvalue weighted by atomic mass is 35.5. The van der Waals surface area contributed by atoms with Crippen molar-refractivity contribution in [2.45, 2.75) is 26.7 Å². The number of carbonyl (C=O) groups is 2. The monoisotopic (exact) mass is 345 g/mol. The zero-order valence-electron chi connectivity index (χ0n) is 13.8. The van der Waals surface area contributed by atoms with E-state index in [-0.39, 0.29) is 16.9 Å². The van der Waals surface area contributed by atoms with Gasteiger partial charge in [0, 0.05) is 31.1 Å². The van der Waals surface area contributed by atoms with Gasteiger partial charge in [-0.05, 0) is 29.9 Å². The van der Waals surface area contributed by atoms with Gasteiger partial charge in [-0.25, -0.2) is 4.98 Å². The molecule has 1 aromatic heterocycles. The van der Waals surface area contributed by atoms with Gasteiger partial charge in [-0.15, -0.1) is 0 Å². The van der Waals surface area contributed by atoms with Gasteiger partial charge in [0.2, 0.25) is 0 Å². The van der Waals surface area contributed by atoms with Crippen LogP contribution in [-0.2, 0) is 4.79 Å². The van der Waals surface area contributed by atoms with E-state index in [0.29, 0.717) is 30.2 Å². The fourth-order valence-corrected chi connectivity index (χ4v) is 3.46. The van der Waals surface area contributed by atoms with Crippen molar-refractivity contribution < 1.29 is 9.59 Å². The fraction of sp³-hybridized carbons (Fsp3) is 0.389. The quantitative estimate of drug-likeness (QED) is 0.836. The van der Waals surface area contributed by atoms with E-state index in [1.165, 1.54) is 22.4 Å². The molecule has 24 heavy (non-hydrogen) atoms. The summed E-state index contributed by atoms with van der Waals surface area (Å²) in [5.41, 5.74) is 2.82. The Labute approximate surface area is 146 Å². The second-order valence-electron chi connectivity index (χ2n) is 6.92. The molecule has 2 heterocycles. The van der Waals surface area contributed by atoms with Gasteiger partial charge in [-0.1, -0.05) is 31.5 Å². The van der Waals surface area contributed by atoms with Crippen LogP contribution in [0.15, 0.2) is 35.7 Å². The van der Waals surface area contributed by atoms with Gasteiger partial charge in [0.25, 0.3) is 5.91 Å². The van der Waals surface area contributed by atoms with E-state index in [0.717, 1.165) is 12.8 Å². The summed E-state index contributed by atoms with van der Waals surface area (Å²) in [5.74, 6) is 0.101. The van der Waals surface area contributed by atoms with E-state index in [9.17, 15) is 9.59 Å². The maximum Gasteiger partial charge on any atom is 0.252 e. The molecule has 6 heteroatoms. The van der Waals surface area contributed by atoms with Crippen LogP contribution in [0.1, 0.15) is 37.0 Å². The Bertz CT molecular complexity index is 753. The minimum absolute atomic E-state index is 0.201. The lowest BCUT2D eigenvalue weighted by Crippen LogP contribution is -2.36. The van der Waals surface area contributed by atoms with Crippen molar-refractivity contribution in [3.8, 4) is 0 Å². The Balaban J connectivity index is 1.91. The van der Waals surface area contributed by atoms with Crippen molar-refractivity contribution in [3.63, 3.8) is 0 Å². The fourth-order valence-electron chi connectivity index (χ4n) is 3.28. The molecule has 0 unspecified atom stereocenters. The van der Waals surface area contributed by atoms with E-state index < -0.39 is 0 Å². The largest absolute Gasteiger partial charge is 0.386 e. The third-order valence-electron chi connectivity index (χ3n) is 4.37. The molecule has 2 aliphatic rings. The number of carbonyl (C=O) groups excluding carboxylic acids is 2. The molecule has 1 aliphatic carbocycles. The number of anilines is 1. The van der Waals surface area contributed by atoms with Gasteiger partial charge in [0.05, 0.1) is 10.6 Å². The molecule has 1 N–H and O–H groups in total. The number of nitrogens with one attached hydrogen (secondary N) is 1. The molecule has 0 radical (unpaired) electrons. The molecule has 0 bridgehead atoms. The zero-order chi connectivity index (χ0) is 17.3. The summed E-state index contributed by atoms with van der Waals surface area (Å²) in [4.78, 5) is 29.7. The first-order valence-electron chi connectivity index (χ1n) is 7.96. The number of hydrogen-bond donors (Lipinski definition) is 1.